The number of hydrogen-bond donors (Lipinski definition) is 0. The molecule has 5 aliphatic rings. The van der Waals surface area contributed by atoms with E-state index in [1.54, 1.807) is 0 Å². The van der Waals surface area contributed by atoms with Crippen molar-refractivity contribution >= 4 is 55.3 Å². The third-order valence-corrected chi connectivity index (χ3v) is 19.0. The minimum Gasteiger partial charge on any atom is -0.509 e. The Morgan fingerprint density at radius 3 is 1.84 bits per heavy atom. The number of benzene rings is 10. The van der Waals surface area contributed by atoms with Crippen LogP contribution in [0.2, 0.25) is 0 Å². The van der Waals surface area contributed by atoms with Gasteiger partial charge in [0.2, 0.25) is 0 Å². The predicted octanol–water partition coefficient (Wildman–Crippen LogP) is 19.8. The Labute approximate surface area is 501 Å². The number of nitrogens with zero attached hydrogens (tertiary/aromatic N) is 4. The third-order valence-electron chi connectivity index (χ3n) is 19.0. The molecule has 4 saturated carbocycles. The fourth-order valence-electron chi connectivity index (χ4n) is 16.1. The van der Waals surface area contributed by atoms with Gasteiger partial charge < -0.3 is 19.1 Å². The standard InChI is InChI=1S/C77H61N4O.Pt/c1-49-36-50(2)75(51(3)37-49)57-43-61(79-48-80(72-31-15-14-30-71(72)79)76-65(55-18-6-4-7-19-55)26-17-27-66(76)56-20-8-5-9-21-56)46-63(44-57)82-62-32-33-68-67-25-12-13-29-70(67)81(73(68)47-62)74-45-58(34-35-78-74)77(59-39-52-38-53(41-59)42-60(77)40-52)69-28-16-23-54-22-10-11-24-64(54)69;/h4-37,43-45,48,52-53,59-60H,38-42H2,1-3H3;/q-3;. The SMILES string of the molecule is Cc1cc(C)c(-c2cc(Oc3[c-]c4c(cc3)c3ccccc3n4-c3cc(C4(c5cccc6ccccc56)C5CC6CC(C5)CC4C6)ccn3)[c-]c(N3[CH-]N(c4c(-c5ccccc5)cccc4-c4ccccc4)c4ccccc43)c2)c(C)c1.[Pt]. The first-order valence-electron chi connectivity index (χ1n) is 29.3. The molecule has 0 atom stereocenters. The van der Waals surface area contributed by atoms with Gasteiger partial charge in [0, 0.05) is 77.9 Å². The van der Waals surface area contributed by atoms with Crippen LogP contribution in [0.25, 0.3) is 71.8 Å². The number of pyridine rings is 1. The molecular weight excluding hydrogens is 1190 g/mol. The second kappa shape index (κ2) is 20.4. The van der Waals surface area contributed by atoms with Gasteiger partial charge in [-0.15, -0.1) is 53.6 Å². The van der Waals surface area contributed by atoms with Gasteiger partial charge in [-0.3, -0.25) is 0 Å². The molecule has 2 aromatic heterocycles. The summed E-state index contributed by atoms with van der Waals surface area (Å²) >= 11 is 0. The van der Waals surface area contributed by atoms with E-state index in [4.69, 9.17) is 9.72 Å². The average molecular weight is 1250 g/mol. The molecule has 0 amide bonds. The van der Waals surface area contributed by atoms with Gasteiger partial charge in [-0.1, -0.05) is 175 Å². The van der Waals surface area contributed by atoms with Gasteiger partial charge in [0.1, 0.15) is 5.82 Å². The Hall–Kier alpha value is -8.50. The Morgan fingerprint density at radius 2 is 1.13 bits per heavy atom. The summed E-state index contributed by atoms with van der Waals surface area (Å²) in [6.45, 7) is 8.84. The molecule has 0 unspecified atom stereocenters. The maximum absolute atomic E-state index is 7.19. The van der Waals surface area contributed by atoms with Crippen LogP contribution < -0.4 is 14.5 Å². The van der Waals surface area contributed by atoms with E-state index in [1.165, 1.54) is 76.3 Å². The minimum absolute atomic E-state index is 0. The van der Waals surface area contributed by atoms with E-state index in [9.17, 15) is 0 Å². The van der Waals surface area contributed by atoms with Crippen LogP contribution in [-0.4, -0.2) is 9.55 Å². The van der Waals surface area contributed by atoms with Crippen molar-refractivity contribution in [2.45, 2.75) is 58.3 Å². The Morgan fingerprint density at radius 1 is 0.518 bits per heavy atom. The van der Waals surface area contributed by atoms with Gasteiger partial charge in [-0.25, -0.2) is 4.98 Å². The number of rotatable bonds is 10. The number of fused-ring (bicyclic) bond motifs is 5. The Bertz CT molecular complexity index is 4370. The van der Waals surface area contributed by atoms with Crippen LogP contribution in [0.3, 0.4) is 0 Å². The van der Waals surface area contributed by atoms with Crippen LogP contribution in [-0.2, 0) is 26.5 Å². The van der Waals surface area contributed by atoms with Crippen molar-refractivity contribution in [1.29, 1.82) is 0 Å². The first kappa shape index (κ1) is 51.4. The molecule has 1 aliphatic heterocycles. The first-order valence-corrected chi connectivity index (χ1v) is 29.3. The van der Waals surface area contributed by atoms with E-state index >= 15 is 0 Å². The third kappa shape index (κ3) is 8.40. The van der Waals surface area contributed by atoms with Crippen molar-refractivity contribution in [2.75, 3.05) is 9.80 Å². The van der Waals surface area contributed by atoms with E-state index in [-0.39, 0.29) is 26.5 Å². The van der Waals surface area contributed by atoms with E-state index in [1.807, 2.05) is 0 Å². The van der Waals surface area contributed by atoms with E-state index < -0.39 is 0 Å². The Kier molecular flexibility index (Phi) is 12.7. The Balaban J connectivity index is 0.00000588. The molecule has 4 bridgehead atoms. The molecule has 83 heavy (non-hydrogen) atoms. The molecule has 408 valence electrons. The van der Waals surface area contributed by atoms with E-state index in [2.05, 4.69) is 279 Å². The van der Waals surface area contributed by atoms with Crippen LogP contribution in [0.5, 0.6) is 11.5 Å². The number of ether oxygens (including phenoxy) is 1. The minimum atomic E-state index is -0.116. The van der Waals surface area contributed by atoms with Crippen molar-refractivity contribution in [3.8, 4) is 50.7 Å². The van der Waals surface area contributed by atoms with E-state index in [0.717, 1.165) is 90.0 Å². The normalized spacial score (nSPS) is 19.6. The predicted molar refractivity (Wildman–Crippen MR) is 337 cm³/mol. The van der Waals surface area contributed by atoms with Crippen LogP contribution in [0.1, 0.15) is 59.9 Å². The number of hydrogen-bond acceptors (Lipinski definition) is 4. The second-order valence-corrected chi connectivity index (χ2v) is 23.8. The van der Waals surface area contributed by atoms with Crippen molar-refractivity contribution in [3.05, 3.63) is 271 Å². The maximum Gasteiger partial charge on any atom is 0.135 e. The summed E-state index contributed by atoms with van der Waals surface area (Å²) in [6, 6.07) is 87.4. The molecule has 4 aliphatic carbocycles. The summed E-state index contributed by atoms with van der Waals surface area (Å²) < 4.78 is 9.53. The number of aryl methyl sites for hydroxylation is 3. The zero-order valence-electron chi connectivity index (χ0n) is 46.8. The summed E-state index contributed by atoms with van der Waals surface area (Å²) in [5.74, 6) is 4.91. The van der Waals surface area contributed by atoms with Crippen LogP contribution in [0.15, 0.2) is 225 Å². The topological polar surface area (TPSA) is 33.5 Å². The fraction of sp³-hybridized carbons (Fsp3) is 0.169. The molecular formula is C77H61N4OPt-3. The van der Waals surface area contributed by atoms with Crippen molar-refractivity contribution in [1.82, 2.24) is 9.55 Å². The fourth-order valence-corrected chi connectivity index (χ4v) is 16.1. The number of aromatic nitrogens is 2. The summed E-state index contributed by atoms with van der Waals surface area (Å²) in [4.78, 5) is 9.93. The van der Waals surface area contributed by atoms with Crippen molar-refractivity contribution in [3.63, 3.8) is 0 Å². The molecule has 10 aromatic carbocycles. The molecule has 6 heteroatoms. The number of anilines is 4. The molecule has 17 rings (SSSR count). The second-order valence-electron chi connectivity index (χ2n) is 23.8. The van der Waals surface area contributed by atoms with Crippen molar-refractivity contribution in [2.24, 2.45) is 23.7 Å². The first-order chi connectivity index (χ1) is 40.3. The molecule has 3 heterocycles. The number of para-hydroxylation sites is 4. The van der Waals surface area contributed by atoms with Gasteiger partial charge in [-0.05, 0) is 162 Å². The van der Waals surface area contributed by atoms with Crippen LogP contribution >= 0.6 is 0 Å². The zero-order valence-corrected chi connectivity index (χ0v) is 49.1. The maximum atomic E-state index is 7.19. The van der Waals surface area contributed by atoms with Crippen LogP contribution in [0.4, 0.5) is 22.7 Å². The summed E-state index contributed by atoms with van der Waals surface area (Å²) in [5.41, 5.74) is 19.4. The molecule has 0 spiro atoms. The van der Waals surface area contributed by atoms with E-state index in [0.29, 0.717) is 23.3 Å². The smallest absolute Gasteiger partial charge is 0.135 e. The van der Waals surface area contributed by atoms with Gasteiger partial charge in [0.25, 0.3) is 0 Å². The average Bonchev–Trinajstić information content (AvgIpc) is 1.64. The van der Waals surface area contributed by atoms with Gasteiger partial charge in [-0.2, -0.15) is 6.07 Å². The zero-order chi connectivity index (χ0) is 54.6. The summed E-state index contributed by atoms with van der Waals surface area (Å²) in [7, 11) is 0. The monoisotopic (exact) mass is 1250 g/mol. The molecule has 5 nitrogen and oxygen atoms in total. The quantitative estimate of drug-likeness (QED) is 0.128. The largest absolute Gasteiger partial charge is 0.509 e. The van der Waals surface area contributed by atoms with Gasteiger partial charge >= 0.3 is 0 Å². The van der Waals surface area contributed by atoms with Gasteiger partial charge in [0.15, 0.2) is 0 Å². The van der Waals surface area contributed by atoms with Crippen LogP contribution in [0, 0.1) is 63.2 Å². The molecule has 0 saturated heterocycles. The van der Waals surface area contributed by atoms with Gasteiger partial charge in [0.05, 0.1) is 0 Å². The van der Waals surface area contributed by atoms with Crippen molar-refractivity contribution < 1.29 is 25.8 Å². The molecule has 0 radical (unpaired) electrons. The molecule has 0 N–H and O–H groups in total. The molecule has 12 aromatic rings. The molecule has 4 fully saturated rings. The summed E-state index contributed by atoms with van der Waals surface area (Å²) in [6.07, 6.45) is 8.65. The summed E-state index contributed by atoms with van der Waals surface area (Å²) in [5, 5.41) is 4.96.